The van der Waals surface area contributed by atoms with Gasteiger partial charge in [0, 0.05) is 10.7 Å². The SMILES string of the molecule is CC(c1ccc(Cl)cc1)N(CC(=O)O)c1ccccc1. The van der Waals surface area contributed by atoms with Gasteiger partial charge in [-0.15, -0.1) is 0 Å². The largest absolute Gasteiger partial charge is 0.480 e. The molecule has 2 rings (SSSR count). The van der Waals surface area contributed by atoms with Gasteiger partial charge in [-0.25, -0.2) is 0 Å². The summed E-state index contributed by atoms with van der Waals surface area (Å²) in [6.45, 7) is 1.94. The molecule has 104 valence electrons. The molecule has 2 aromatic carbocycles. The maximum Gasteiger partial charge on any atom is 0.323 e. The molecule has 0 aliphatic carbocycles. The molecule has 4 heteroatoms. The summed E-state index contributed by atoms with van der Waals surface area (Å²) in [4.78, 5) is 13.0. The van der Waals surface area contributed by atoms with E-state index in [2.05, 4.69) is 0 Å². The highest BCUT2D eigenvalue weighted by Gasteiger charge is 2.18. The molecule has 1 N–H and O–H groups in total. The minimum atomic E-state index is -0.852. The smallest absolute Gasteiger partial charge is 0.323 e. The van der Waals surface area contributed by atoms with E-state index in [9.17, 15) is 4.79 Å². The zero-order chi connectivity index (χ0) is 14.5. The van der Waals surface area contributed by atoms with Crippen molar-refractivity contribution in [2.75, 3.05) is 11.4 Å². The third-order valence-corrected chi connectivity index (χ3v) is 3.47. The van der Waals surface area contributed by atoms with Gasteiger partial charge in [-0.3, -0.25) is 4.79 Å². The van der Waals surface area contributed by atoms with Crippen LogP contribution in [0.3, 0.4) is 0 Å². The number of carbonyl (C=O) groups is 1. The van der Waals surface area contributed by atoms with Crippen LogP contribution in [-0.4, -0.2) is 17.6 Å². The van der Waals surface area contributed by atoms with Crippen molar-refractivity contribution >= 4 is 23.3 Å². The van der Waals surface area contributed by atoms with Gasteiger partial charge in [0.15, 0.2) is 0 Å². The van der Waals surface area contributed by atoms with Gasteiger partial charge in [0.05, 0.1) is 6.04 Å². The van der Waals surface area contributed by atoms with E-state index in [-0.39, 0.29) is 12.6 Å². The van der Waals surface area contributed by atoms with E-state index >= 15 is 0 Å². The first kappa shape index (κ1) is 14.4. The van der Waals surface area contributed by atoms with Gasteiger partial charge in [-0.1, -0.05) is 41.9 Å². The van der Waals surface area contributed by atoms with Crippen LogP contribution >= 0.6 is 11.6 Å². The molecule has 2 aromatic rings. The van der Waals surface area contributed by atoms with E-state index in [0.717, 1.165) is 11.3 Å². The third kappa shape index (κ3) is 3.52. The zero-order valence-corrected chi connectivity index (χ0v) is 11.9. The molecular weight excluding hydrogens is 274 g/mol. The minimum absolute atomic E-state index is 0.0478. The van der Waals surface area contributed by atoms with Crippen molar-refractivity contribution in [3.05, 3.63) is 65.2 Å². The Balaban J connectivity index is 2.31. The number of aliphatic carboxylic acids is 1. The maximum atomic E-state index is 11.1. The second-order valence-electron chi connectivity index (χ2n) is 4.58. The summed E-state index contributed by atoms with van der Waals surface area (Å²) < 4.78 is 0. The van der Waals surface area contributed by atoms with Gasteiger partial charge >= 0.3 is 5.97 Å². The molecule has 0 aromatic heterocycles. The van der Waals surface area contributed by atoms with Crippen LogP contribution in [-0.2, 0) is 4.79 Å². The Morgan fingerprint density at radius 1 is 1.15 bits per heavy atom. The lowest BCUT2D eigenvalue weighted by molar-refractivity contribution is -0.135. The van der Waals surface area contributed by atoms with E-state index in [1.807, 2.05) is 66.4 Å². The number of anilines is 1. The van der Waals surface area contributed by atoms with Crippen LogP contribution in [0.25, 0.3) is 0 Å². The Morgan fingerprint density at radius 3 is 2.30 bits per heavy atom. The van der Waals surface area contributed by atoms with E-state index < -0.39 is 5.97 Å². The molecule has 0 aliphatic rings. The van der Waals surface area contributed by atoms with Gasteiger partial charge in [-0.05, 0) is 36.8 Å². The molecule has 3 nitrogen and oxygen atoms in total. The Bertz CT molecular complexity index is 569. The van der Waals surface area contributed by atoms with Crippen LogP contribution in [0, 0.1) is 0 Å². The molecule has 0 amide bonds. The average molecular weight is 290 g/mol. The lowest BCUT2D eigenvalue weighted by Crippen LogP contribution is -2.32. The molecular formula is C16H16ClNO2. The minimum Gasteiger partial charge on any atom is -0.480 e. The van der Waals surface area contributed by atoms with Crippen molar-refractivity contribution < 1.29 is 9.90 Å². The predicted octanol–water partition coefficient (Wildman–Crippen LogP) is 3.99. The Hall–Kier alpha value is -2.00. The number of carboxylic acid groups (broad SMARTS) is 1. The van der Waals surface area contributed by atoms with Crippen LogP contribution in [0.1, 0.15) is 18.5 Å². The molecule has 20 heavy (non-hydrogen) atoms. The second-order valence-corrected chi connectivity index (χ2v) is 5.02. The second kappa shape index (κ2) is 6.44. The summed E-state index contributed by atoms with van der Waals surface area (Å²) in [6, 6.07) is 17.0. The average Bonchev–Trinajstić information content (AvgIpc) is 2.45. The molecule has 0 spiro atoms. The van der Waals surface area contributed by atoms with Gasteiger partial charge in [0.25, 0.3) is 0 Å². The fourth-order valence-electron chi connectivity index (χ4n) is 2.14. The van der Waals surface area contributed by atoms with Gasteiger partial charge in [0.1, 0.15) is 6.54 Å². The Morgan fingerprint density at radius 2 is 1.75 bits per heavy atom. The monoisotopic (exact) mass is 289 g/mol. The topological polar surface area (TPSA) is 40.5 Å². The summed E-state index contributed by atoms with van der Waals surface area (Å²) in [5, 5.41) is 9.79. The number of hydrogen-bond donors (Lipinski definition) is 1. The first-order chi connectivity index (χ1) is 9.58. The van der Waals surface area contributed by atoms with Crippen LogP contribution in [0.2, 0.25) is 5.02 Å². The van der Waals surface area contributed by atoms with E-state index in [4.69, 9.17) is 16.7 Å². The highest BCUT2D eigenvalue weighted by Crippen LogP contribution is 2.27. The summed E-state index contributed by atoms with van der Waals surface area (Å²) in [5.74, 6) is -0.852. The highest BCUT2D eigenvalue weighted by atomic mass is 35.5. The first-order valence-corrected chi connectivity index (χ1v) is 6.74. The quantitative estimate of drug-likeness (QED) is 0.905. The number of carboxylic acids is 1. The zero-order valence-electron chi connectivity index (χ0n) is 11.2. The lowest BCUT2D eigenvalue weighted by atomic mass is 10.1. The molecule has 1 atom stereocenters. The van der Waals surface area contributed by atoms with Gasteiger partial charge < -0.3 is 10.0 Å². The predicted molar refractivity (Wildman–Crippen MR) is 81.3 cm³/mol. The Labute approximate surface area is 123 Å². The summed E-state index contributed by atoms with van der Waals surface area (Å²) in [5.41, 5.74) is 1.91. The molecule has 1 unspecified atom stereocenters. The first-order valence-electron chi connectivity index (χ1n) is 6.37. The number of nitrogens with zero attached hydrogens (tertiary/aromatic N) is 1. The van der Waals surface area contributed by atoms with Crippen molar-refractivity contribution in [1.29, 1.82) is 0 Å². The standard InChI is InChI=1S/C16H16ClNO2/c1-12(13-7-9-14(17)10-8-13)18(11-16(19)20)15-5-3-2-4-6-15/h2-10,12H,11H2,1H3,(H,19,20). The number of para-hydroxylation sites is 1. The molecule has 0 saturated carbocycles. The molecule has 0 radical (unpaired) electrons. The van der Waals surface area contributed by atoms with Gasteiger partial charge in [-0.2, -0.15) is 0 Å². The summed E-state index contributed by atoms with van der Waals surface area (Å²) in [7, 11) is 0. The highest BCUT2D eigenvalue weighted by molar-refractivity contribution is 6.30. The molecule has 0 bridgehead atoms. The van der Waals surface area contributed by atoms with E-state index in [0.29, 0.717) is 5.02 Å². The molecule has 0 fully saturated rings. The van der Waals surface area contributed by atoms with Crippen molar-refractivity contribution in [2.45, 2.75) is 13.0 Å². The van der Waals surface area contributed by atoms with Crippen molar-refractivity contribution in [2.24, 2.45) is 0 Å². The molecule has 0 heterocycles. The normalized spacial score (nSPS) is 11.9. The number of benzene rings is 2. The number of hydrogen-bond acceptors (Lipinski definition) is 2. The molecule has 0 saturated heterocycles. The fourth-order valence-corrected chi connectivity index (χ4v) is 2.26. The fraction of sp³-hybridized carbons (Fsp3) is 0.188. The van der Waals surface area contributed by atoms with Gasteiger partial charge in [0.2, 0.25) is 0 Å². The number of rotatable bonds is 5. The summed E-state index contributed by atoms with van der Waals surface area (Å²) in [6.07, 6.45) is 0. The maximum absolute atomic E-state index is 11.1. The van der Waals surface area contributed by atoms with Crippen molar-refractivity contribution in [3.8, 4) is 0 Å². The number of halogens is 1. The van der Waals surface area contributed by atoms with Crippen LogP contribution in [0.15, 0.2) is 54.6 Å². The van der Waals surface area contributed by atoms with Crippen LogP contribution in [0.5, 0.6) is 0 Å². The van der Waals surface area contributed by atoms with Crippen LogP contribution in [0.4, 0.5) is 5.69 Å². The molecule has 0 aliphatic heterocycles. The third-order valence-electron chi connectivity index (χ3n) is 3.21. The summed E-state index contributed by atoms with van der Waals surface area (Å²) >= 11 is 5.89. The van der Waals surface area contributed by atoms with E-state index in [1.54, 1.807) is 0 Å². The van der Waals surface area contributed by atoms with Crippen LogP contribution < -0.4 is 4.90 Å². The van der Waals surface area contributed by atoms with E-state index in [1.165, 1.54) is 0 Å². The Kier molecular flexibility index (Phi) is 4.64. The van der Waals surface area contributed by atoms with Crippen molar-refractivity contribution in [1.82, 2.24) is 0 Å². The van der Waals surface area contributed by atoms with Crippen molar-refractivity contribution in [3.63, 3.8) is 0 Å². The lowest BCUT2D eigenvalue weighted by Gasteiger charge is -2.30.